The number of amides is 1. The molecule has 0 aliphatic carbocycles. The second-order valence-electron chi connectivity index (χ2n) is 8.96. The van der Waals surface area contributed by atoms with E-state index in [-0.39, 0.29) is 12.0 Å². The molecule has 2 saturated heterocycles. The molecule has 32 heavy (non-hydrogen) atoms. The van der Waals surface area contributed by atoms with E-state index in [1.165, 1.54) is 10.8 Å². The topological polar surface area (TPSA) is 45.7 Å². The molecule has 2 aromatic carbocycles. The number of likely N-dealkylation sites (tertiary alicyclic amines) is 2. The number of hydrogen-bond donors (Lipinski definition) is 0. The second-order valence-corrected chi connectivity index (χ2v) is 8.96. The molecule has 2 aliphatic heterocycles. The van der Waals surface area contributed by atoms with Crippen LogP contribution in [0.25, 0.3) is 10.8 Å². The van der Waals surface area contributed by atoms with Gasteiger partial charge in [-0.1, -0.05) is 42.5 Å². The van der Waals surface area contributed by atoms with Crippen molar-refractivity contribution in [1.82, 2.24) is 14.8 Å². The Morgan fingerprint density at radius 1 is 0.875 bits per heavy atom. The lowest BCUT2D eigenvalue weighted by Crippen LogP contribution is -2.50. The van der Waals surface area contributed by atoms with Crippen LogP contribution in [0.2, 0.25) is 0 Å². The highest BCUT2D eigenvalue weighted by atomic mass is 16.5. The van der Waals surface area contributed by atoms with E-state index in [1.807, 2.05) is 24.3 Å². The molecule has 0 saturated carbocycles. The van der Waals surface area contributed by atoms with Gasteiger partial charge in [-0.15, -0.1) is 0 Å². The lowest BCUT2D eigenvalue weighted by atomic mass is 9.97. The summed E-state index contributed by atoms with van der Waals surface area (Å²) in [6, 6.07) is 19.0. The molecule has 5 heteroatoms. The minimum Gasteiger partial charge on any atom is -0.490 e. The predicted molar refractivity (Wildman–Crippen MR) is 127 cm³/mol. The van der Waals surface area contributed by atoms with Gasteiger partial charge < -0.3 is 9.64 Å². The fourth-order valence-corrected chi connectivity index (χ4v) is 5.17. The lowest BCUT2D eigenvalue weighted by Gasteiger charge is -2.41. The van der Waals surface area contributed by atoms with Crippen molar-refractivity contribution in [3.05, 3.63) is 72.6 Å². The Hall–Kier alpha value is -2.92. The summed E-state index contributed by atoms with van der Waals surface area (Å²) in [4.78, 5) is 21.7. The van der Waals surface area contributed by atoms with E-state index < -0.39 is 0 Å². The van der Waals surface area contributed by atoms with Crippen LogP contribution in [0.4, 0.5) is 0 Å². The molecule has 2 fully saturated rings. The van der Waals surface area contributed by atoms with E-state index in [0.29, 0.717) is 12.5 Å². The van der Waals surface area contributed by atoms with Crippen LogP contribution in [0.5, 0.6) is 5.75 Å². The Balaban J connectivity index is 1.10. The third kappa shape index (κ3) is 4.78. The number of pyridine rings is 1. The van der Waals surface area contributed by atoms with Crippen molar-refractivity contribution < 1.29 is 9.53 Å². The molecule has 5 nitrogen and oxygen atoms in total. The van der Waals surface area contributed by atoms with Crippen LogP contribution in [0.15, 0.2) is 67.0 Å². The van der Waals surface area contributed by atoms with Gasteiger partial charge in [-0.3, -0.25) is 14.7 Å². The van der Waals surface area contributed by atoms with E-state index in [0.717, 1.165) is 63.2 Å². The molecule has 3 aromatic rings. The van der Waals surface area contributed by atoms with Gasteiger partial charge in [0.2, 0.25) is 5.91 Å². The van der Waals surface area contributed by atoms with Crippen LogP contribution in [0.1, 0.15) is 31.2 Å². The normalized spacial score (nSPS) is 18.7. The first-order chi connectivity index (χ1) is 15.8. The number of benzene rings is 2. The van der Waals surface area contributed by atoms with Crippen molar-refractivity contribution in [2.45, 2.75) is 44.2 Å². The van der Waals surface area contributed by atoms with E-state index in [9.17, 15) is 4.79 Å². The van der Waals surface area contributed by atoms with Gasteiger partial charge in [-0.25, -0.2) is 0 Å². The van der Waals surface area contributed by atoms with Crippen LogP contribution in [-0.4, -0.2) is 59.0 Å². The fourth-order valence-electron chi connectivity index (χ4n) is 5.17. The van der Waals surface area contributed by atoms with Crippen LogP contribution in [0.3, 0.4) is 0 Å². The van der Waals surface area contributed by atoms with Gasteiger partial charge in [0.05, 0.1) is 6.42 Å². The zero-order valence-corrected chi connectivity index (χ0v) is 18.5. The summed E-state index contributed by atoms with van der Waals surface area (Å²) in [5, 5.41) is 2.39. The minimum absolute atomic E-state index is 0.254. The maximum atomic E-state index is 13.0. The van der Waals surface area contributed by atoms with Crippen molar-refractivity contribution in [3.63, 3.8) is 0 Å². The summed E-state index contributed by atoms with van der Waals surface area (Å²) in [5.74, 6) is 1.17. The molecule has 0 bridgehead atoms. The molecule has 2 aliphatic rings. The number of hydrogen-bond acceptors (Lipinski definition) is 4. The largest absolute Gasteiger partial charge is 0.490 e. The van der Waals surface area contributed by atoms with E-state index in [4.69, 9.17) is 4.74 Å². The highest BCUT2D eigenvalue weighted by molar-refractivity contribution is 5.90. The number of aromatic nitrogens is 1. The Bertz CT molecular complexity index is 1030. The molecule has 3 heterocycles. The zero-order valence-electron chi connectivity index (χ0n) is 18.5. The molecule has 0 radical (unpaired) electrons. The standard InChI is InChI=1S/C27H31N3O2/c31-27(20-22-6-3-5-21-4-1-2-7-26(21)22)30-16-10-23(11-17-30)29-18-12-25(13-19-29)32-24-8-14-28-15-9-24/h1-9,14-15,23,25H,10-13,16-20H2. The average Bonchev–Trinajstić information content (AvgIpc) is 2.85. The minimum atomic E-state index is 0.254. The number of rotatable bonds is 5. The lowest BCUT2D eigenvalue weighted by molar-refractivity contribution is -0.132. The summed E-state index contributed by atoms with van der Waals surface area (Å²) in [7, 11) is 0. The number of carbonyl (C=O) groups excluding carboxylic acids is 1. The first-order valence-electron chi connectivity index (χ1n) is 11.8. The SMILES string of the molecule is O=C(Cc1cccc2ccccc12)N1CCC(N2CCC(Oc3ccncc3)CC2)CC1. The smallest absolute Gasteiger partial charge is 0.227 e. The number of fused-ring (bicyclic) bond motifs is 1. The number of ether oxygens (including phenoxy) is 1. The highest BCUT2D eigenvalue weighted by Gasteiger charge is 2.30. The fraction of sp³-hybridized carbons (Fsp3) is 0.407. The summed E-state index contributed by atoms with van der Waals surface area (Å²) < 4.78 is 6.11. The van der Waals surface area contributed by atoms with Gasteiger partial charge in [0.1, 0.15) is 11.9 Å². The third-order valence-corrected chi connectivity index (χ3v) is 6.98. The molecule has 5 rings (SSSR count). The average molecular weight is 430 g/mol. The van der Waals surface area contributed by atoms with E-state index in [2.05, 4.69) is 45.1 Å². The van der Waals surface area contributed by atoms with Crippen LogP contribution < -0.4 is 4.74 Å². The molecule has 0 unspecified atom stereocenters. The number of piperidine rings is 2. The third-order valence-electron chi connectivity index (χ3n) is 6.98. The summed E-state index contributed by atoms with van der Waals surface area (Å²) in [6.45, 7) is 3.87. The van der Waals surface area contributed by atoms with Gasteiger partial charge in [-0.2, -0.15) is 0 Å². The second kappa shape index (κ2) is 9.70. The maximum Gasteiger partial charge on any atom is 0.227 e. The van der Waals surface area contributed by atoms with Gasteiger partial charge in [0, 0.05) is 44.6 Å². The van der Waals surface area contributed by atoms with Crippen molar-refractivity contribution in [2.75, 3.05) is 26.2 Å². The van der Waals surface area contributed by atoms with Gasteiger partial charge >= 0.3 is 0 Å². The van der Waals surface area contributed by atoms with Gasteiger partial charge in [-0.05, 0) is 54.2 Å². The first-order valence-corrected chi connectivity index (χ1v) is 11.8. The predicted octanol–water partition coefficient (Wildman–Crippen LogP) is 4.31. The van der Waals surface area contributed by atoms with Crippen LogP contribution in [0, 0.1) is 0 Å². The highest BCUT2D eigenvalue weighted by Crippen LogP contribution is 2.25. The number of nitrogens with zero attached hydrogens (tertiary/aromatic N) is 3. The molecule has 0 N–H and O–H groups in total. The Kier molecular flexibility index (Phi) is 6.35. The Labute approximate surface area is 190 Å². The van der Waals surface area contributed by atoms with Crippen LogP contribution >= 0.6 is 0 Å². The first kappa shape index (κ1) is 21.0. The van der Waals surface area contributed by atoms with Gasteiger partial charge in [0.15, 0.2) is 0 Å². The molecule has 0 atom stereocenters. The van der Waals surface area contributed by atoms with E-state index >= 15 is 0 Å². The Morgan fingerprint density at radius 3 is 2.38 bits per heavy atom. The molecule has 1 amide bonds. The summed E-state index contributed by atoms with van der Waals surface area (Å²) in [5.41, 5.74) is 1.13. The quantitative estimate of drug-likeness (QED) is 0.606. The van der Waals surface area contributed by atoms with Gasteiger partial charge in [0.25, 0.3) is 0 Å². The van der Waals surface area contributed by atoms with Crippen molar-refractivity contribution in [2.24, 2.45) is 0 Å². The molecular weight excluding hydrogens is 398 g/mol. The molecule has 0 spiro atoms. The van der Waals surface area contributed by atoms with Crippen molar-refractivity contribution in [3.8, 4) is 5.75 Å². The zero-order chi connectivity index (χ0) is 21.8. The monoisotopic (exact) mass is 429 g/mol. The molecular formula is C27H31N3O2. The summed E-state index contributed by atoms with van der Waals surface area (Å²) >= 11 is 0. The Morgan fingerprint density at radius 2 is 1.59 bits per heavy atom. The van der Waals surface area contributed by atoms with Crippen molar-refractivity contribution in [1.29, 1.82) is 0 Å². The molecule has 166 valence electrons. The van der Waals surface area contributed by atoms with Crippen molar-refractivity contribution >= 4 is 16.7 Å². The molecule has 1 aromatic heterocycles. The van der Waals surface area contributed by atoms with E-state index in [1.54, 1.807) is 12.4 Å². The number of carbonyl (C=O) groups is 1. The maximum absolute atomic E-state index is 13.0. The summed E-state index contributed by atoms with van der Waals surface area (Å²) in [6.07, 6.45) is 8.58. The van der Waals surface area contributed by atoms with Crippen LogP contribution in [-0.2, 0) is 11.2 Å².